The van der Waals surface area contributed by atoms with E-state index in [0.29, 0.717) is 6.42 Å². The summed E-state index contributed by atoms with van der Waals surface area (Å²) in [6.45, 7) is 2.12. The first kappa shape index (κ1) is 13.2. The Morgan fingerprint density at radius 3 is 2.20 bits per heavy atom. The van der Waals surface area contributed by atoms with Gasteiger partial charge in [0, 0.05) is 0 Å². The molecule has 0 aromatic rings. The monoisotopic (exact) mass is 234 g/mol. The smallest absolute Gasteiger partial charge is 0.324 e. The fourth-order valence-corrected chi connectivity index (χ4v) is 3.95. The quantitative estimate of drug-likeness (QED) is 0.566. The minimum atomic E-state index is -3.91. The minimum Gasteiger partial charge on any atom is -0.324 e. The molecule has 0 heterocycles. The SMILES string of the molecule is CCCCCC1(P(=O)(O)O)CCCCC1. The maximum Gasteiger partial charge on any atom is 0.331 e. The highest BCUT2D eigenvalue weighted by Gasteiger charge is 2.46. The predicted molar refractivity (Wildman–Crippen MR) is 62.0 cm³/mol. The summed E-state index contributed by atoms with van der Waals surface area (Å²) in [5.41, 5.74) is 0. The molecule has 1 fully saturated rings. The zero-order chi connectivity index (χ0) is 11.4. The first-order valence-electron chi connectivity index (χ1n) is 6.07. The molecule has 3 nitrogen and oxygen atoms in total. The Labute approximate surface area is 92.4 Å². The molecule has 4 heteroatoms. The lowest BCUT2D eigenvalue weighted by Gasteiger charge is -2.37. The second kappa shape index (κ2) is 5.47. The highest BCUT2D eigenvalue weighted by atomic mass is 31.2. The van der Waals surface area contributed by atoms with Gasteiger partial charge in [0.05, 0.1) is 5.16 Å². The first-order chi connectivity index (χ1) is 7.02. The van der Waals surface area contributed by atoms with Crippen LogP contribution in [0.3, 0.4) is 0 Å². The van der Waals surface area contributed by atoms with Gasteiger partial charge < -0.3 is 9.79 Å². The number of unbranched alkanes of at least 4 members (excludes halogenated alkanes) is 2. The van der Waals surface area contributed by atoms with Crippen molar-refractivity contribution in [3.63, 3.8) is 0 Å². The van der Waals surface area contributed by atoms with E-state index in [2.05, 4.69) is 6.92 Å². The molecule has 15 heavy (non-hydrogen) atoms. The van der Waals surface area contributed by atoms with Crippen molar-refractivity contribution < 1.29 is 14.4 Å². The molecule has 0 spiro atoms. The van der Waals surface area contributed by atoms with Crippen LogP contribution in [-0.2, 0) is 4.57 Å². The third kappa shape index (κ3) is 3.30. The van der Waals surface area contributed by atoms with Gasteiger partial charge in [0.15, 0.2) is 0 Å². The number of hydrogen-bond acceptors (Lipinski definition) is 1. The summed E-state index contributed by atoms with van der Waals surface area (Å²) < 4.78 is 11.6. The van der Waals surface area contributed by atoms with Crippen molar-refractivity contribution in [3.05, 3.63) is 0 Å². The second-order valence-electron chi connectivity index (χ2n) is 4.79. The Kier molecular flexibility index (Phi) is 4.82. The highest BCUT2D eigenvalue weighted by molar-refractivity contribution is 7.53. The highest BCUT2D eigenvalue weighted by Crippen LogP contribution is 2.59. The third-order valence-corrected chi connectivity index (χ3v) is 5.55. The van der Waals surface area contributed by atoms with Crippen molar-refractivity contribution in [3.8, 4) is 0 Å². The molecule has 0 radical (unpaired) electrons. The first-order valence-corrected chi connectivity index (χ1v) is 7.69. The number of hydrogen-bond donors (Lipinski definition) is 2. The van der Waals surface area contributed by atoms with Gasteiger partial charge in [-0.15, -0.1) is 0 Å². The van der Waals surface area contributed by atoms with E-state index in [9.17, 15) is 14.4 Å². The molecule has 0 aromatic carbocycles. The van der Waals surface area contributed by atoms with E-state index in [0.717, 1.165) is 51.4 Å². The van der Waals surface area contributed by atoms with Crippen molar-refractivity contribution in [1.82, 2.24) is 0 Å². The van der Waals surface area contributed by atoms with Gasteiger partial charge in [-0.25, -0.2) is 0 Å². The molecule has 0 amide bonds. The Bertz CT molecular complexity index is 228. The van der Waals surface area contributed by atoms with E-state index >= 15 is 0 Å². The summed E-state index contributed by atoms with van der Waals surface area (Å²) in [5, 5.41) is -0.666. The Balaban J connectivity index is 2.63. The lowest BCUT2D eigenvalue weighted by molar-refractivity contribution is 0.264. The molecule has 1 aliphatic carbocycles. The number of rotatable bonds is 5. The lowest BCUT2D eigenvalue weighted by Crippen LogP contribution is -2.31. The molecular weight excluding hydrogens is 211 g/mol. The zero-order valence-corrected chi connectivity index (χ0v) is 10.5. The van der Waals surface area contributed by atoms with Crippen LogP contribution in [0.1, 0.15) is 64.7 Å². The van der Waals surface area contributed by atoms with Gasteiger partial charge in [0.2, 0.25) is 0 Å². The molecule has 1 aliphatic rings. The van der Waals surface area contributed by atoms with Gasteiger partial charge in [-0.05, 0) is 19.3 Å². The summed E-state index contributed by atoms with van der Waals surface area (Å²) in [4.78, 5) is 19.0. The molecule has 0 saturated heterocycles. The van der Waals surface area contributed by atoms with Gasteiger partial charge in [-0.1, -0.05) is 45.4 Å². The van der Waals surface area contributed by atoms with Crippen LogP contribution in [0.2, 0.25) is 0 Å². The third-order valence-electron chi connectivity index (χ3n) is 3.65. The van der Waals surface area contributed by atoms with Crippen molar-refractivity contribution >= 4 is 7.60 Å². The van der Waals surface area contributed by atoms with Crippen molar-refractivity contribution in [1.29, 1.82) is 0 Å². The summed E-state index contributed by atoms with van der Waals surface area (Å²) in [7, 11) is -3.91. The fraction of sp³-hybridized carbons (Fsp3) is 1.00. The molecule has 1 saturated carbocycles. The molecule has 0 unspecified atom stereocenters. The van der Waals surface area contributed by atoms with Crippen LogP contribution in [0.15, 0.2) is 0 Å². The van der Waals surface area contributed by atoms with E-state index in [-0.39, 0.29) is 0 Å². The maximum absolute atomic E-state index is 11.6. The lowest BCUT2D eigenvalue weighted by atomic mass is 9.84. The normalized spacial score (nSPS) is 21.5. The van der Waals surface area contributed by atoms with E-state index in [1.807, 2.05) is 0 Å². The van der Waals surface area contributed by atoms with Gasteiger partial charge in [-0.3, -0.25) is 4.57 Å². The largest absolute Gasteiger partial charge is 0.331 e. The van der Waals surface area contributed by atoms with E-state index in [4.69, 9.17) is 0 Å². The van der Waals surface area contributed by atoms with Crippen LogP contribution in [0.4, 0.5) is 0 Å². The fourth-order valence-electron chi connectivity index (χ4n) is 2.60. The minimum absolute atomic E-state index is 0.666. The Hall–Kier alpha value is 0.150. The van der Waals surface area contributed by atoms with E-state index < -0.39 is 12.8 Å². The summed E-state index contributed by atoms with van der Waals surface area (Å²) in [5.74, 6) is 0. The predicted octanol–water partition coefficient (Wildman–Crippen LogP) is 3.45. The van der Waals surface area contributed by atoms with Gasteiger partial charge in [-0.2, -0.15) is 0 Å². The Morgan fingerprint density at radius 1 is 1.13 bits per heavy atom. The van der Waals surface area contributed by atoms with E-state index in [1.165, 1.54) is 0 Å². The van der Waals surface area contributed by atoms with Gasteiger partial charge in [0.25, 0.3) is 0 Å². The van der Waals surface area contributed by atoms with Gasteiger partial charge in [0.1, 0.15) is 0 Å². The zero-order valence-electron chi connectivity index (χ0n) is 9.61. The molecule has 0 aliphatic heterocycles. The molecule has 0 atom stereocenters. The van der Waals surface area contributed by atoms with Crippen LogP contribution in [-0.4, -0.2) is 14.9 Å². The van der Waals surface area contributed by atoms with Crippen LogP contribution < -0.4 is 0 Å². The van der Waals surface area contributed by atoms with Gasteiger partial charge >= 0.3 is 7.60 Å². The van der Waals surface area contributed by atoms with Crippen molar-refractivity contribution in [2.24, 2.45) is 0 Å². The van der Waals surface area contributed by atoms with E-state index in [1.54, 1.807) is 0 Å². The maximum atomic E-state index is 11.6. The van der Waals surface area contributed by atoms with Crippen LogP contribution >= 0.6 is 7.60 Å². The molecule has 0 bridgehead atoms. The molecule has 0 aromatic heterocycles. The Morgan fingerprint density at radius 2 is 1.73 bits per heavy atom. The van der Waals surface area contributed by atoms with Crippen LogP contribution in [0.25, 0.3) is 0 Å². The summed E-state index contributed by atoms with van der Waals surface area (Å²) in [6.07, 6.45) is 8.41. The van der Waals surface area contributed by atoms with Crippen molar-refractivity contribution in [2.75, 3.05) is 0 Å². The second-order valence-corrected chi connectivity index (χ2v) is 6.82. The van der Waals surface area contributed by atoms with Crippen LogP contribution in [0, 0.1) is 0 Å². The molecule has 90 valence electrons. The summed E-state index contributed by atoms with van der Waals surface area (Å²) >= 11 is 0. The van der Waals surface area contributed by atoms with Crippen LogP contribution in [0.5, 0.6) is 0 Å². The van der Waals surface area contributed by atoms with Crippen molar-refractivity contribution in [2.45, 2.75) is 69.9 Å². The molecule has 1 rings (SSSR count). The average Bonchev–Trinajstić information content (AvgIpc) is 2.18. The summed E-state index contributed by atoms with van der Waals surface area (Å²) in [6, 6.07) is 0. The molecule has 2 N–H and O–H groups in total. The average molecular weight is 234 g/mol. The topological polar surface area (TPSA) is 57.5 Å². The molecular formula is C11H23O3P. The standard InChI is InChI=1S/C11H23O3P/c1-2-3-5-8-11(15(12,13)14)9-6-4-7-10-11/h2-10H2,1H3,(H2,12,13,14).